The molecular weight excluding hydrogens is 264 g/mol. The molecule has 0 saturated carbocycles. The summed E-state index contributed by atoms with van der Waals surface area (Å²) in [5.41, 5.74) is 5.94. The van der Waals surface area contributed by atoms with E-state index < -0.39 is 11.6 Å². The molecule has 0 radical (unpaired) electrons. The number of halogens is 2. The lowest BCUT2D eigenvalue weighted by Crippen LogP contribution is -2.16. The third-order valence-electron chi connectivity index (χ3n) is 2.81. The number of anilines is 1. The molecule has 0 amide bonds. The lowest BCUT2D eigenvalue weighted by atomic mass is 10.1. The number of hydrogen-bond acceptors (Lipinski definition) is 3. The van der Waals surface area contributed by atoms with E-state index in [1.54, 1.807) is 24.3 Å². The minimum Gasteiger partial charge on any atom is -0.409 e. The lowest BCUT2D eigenvalue weighted by Gasteiger charge is -2.10. The molecule has 2 aromatic rings. The Morgan fingerprint density at radius 2 is 1.90 bits per heavy atom. The van der Waals surface area contributed by atoms with Crippen LogP contribution in [0.3, 0.4) is 0 Å². The average Bonchev–Trinajstić information content (AvgIpc) is 2.47. The van der Waals surface area contributed by atoms with Gasteiger partial charge in [-0.15, -0.1) is 0 Å². The largest absolute Gasteiger partial charge is 0.409 e. The molecule has 0 spiro atoms. The van der Waals surface area contributed by atoms with Crippen LogP contribution in [0.4, 0.5) is 14.5 Å². The number of nitrogens with zero attached hydrogens (tertiary/aromatic N) is 1. The Bertz CT molecular complexity index is 644. The smallest absolute Gasteiger partial charge is 0.173 e. The Morgan fingerprint density at radius 1 is 1.15 bits per heavy atom. The summed E-state index contributed by atoms with van der Waals surface area (Å²) in [6, 6.07) is 10.6. The second kappa shape index (κ2) is 6.01. The highest BCUT2D eigenvalue weighted by atomic mass is 19.1. The normalized spacial score (nSPS) is 11.4. The summed E-state index contributed by atoms with van der Waals surface area (Å²) < 4.78 is 27.5. The van der Waals surface area contributed by atoms with Gasteiger partial charge in [0.2, 0.25) is 0 Å². The zero-order chi connectivity index (χ0) is 14.5. The summed E-state index contributed by atoms with van der Waals surface area (Å²) in [5, 5.41) is 14.1. The van der Waals surface area contributed by atoms with Crippen molar-refractivity contribution in [2.24, 2.45) is 10.9 Å². The molecule has 0 aromatic heterocycles. The van der Waals surface area contributed by atoms with Crippen molar-refractivity contribution in [2.45, 2.75) is 6.54 Å². The van der Waals surface area contributed by atoms with Crippen molar-refractivity contribution in [2.75, 3.05) is 5.32 Å². The van der Waals surface area contributed by atoms with Gasteiger partial charge in [-0.1, -0.05) is 29.4 Å². The van der Waals surface area contributed by atoms with E-state index in [-0.39, 0.29) is 29.2 Å². The van der Waals surface area contributed by atoms with Gasteiger partial charge < -0.3 is 16.3 Å². The maximum absolute atomic E-state index is 14.1. The quantitative estimate of drug-likeness (QED) is 0.348. The molecule has 4 N–H and O–H groups in total. The van der Waals surface area contributed by atoms with E-state index in [0.717, 1.165) is 0 Å². The molecule has 0 fully saturated rings. The number of nitrogens with one attached hydrogen (secondary N) is 1. The summed E-state index contributed by atoms with van der Waals surface area (Å²) in [5.74, 6) is -1.33. The van der Waals surface area contributed by atoms with Gasteiger partial charge in [-0.25, -0.2) is 8.78 Å². The van der Waals surface area contributed by atoms with Crippen LogP contribution in [-0.2, 0) is 6.54 Å². The van der Waals surface area contributed by atoms with Gasteiger partial charge in [0.05, 0.1) is 11.3 Å². The molecule has 0 aliphatic heterocycles. The van der Waals surface area contributed by atoms with Crippen LogP contribution in [0.1, 0.15) is 11.1 Å². The molecule has 0 saturated heterocycles. The second-order valence-electron chi connectivity index (χ2n) is 4.10. The van der Waals surface area contributed by atoms with Crippen molar-refractivity contribution in [3.05, 3.63) is 65.2 Å². The first kappa shape index (κ1) is 13.8. The lowest BCUT2D eigenvalue weighted by molar-refractivity contribution is 0.318. The fourth-order valence-corrected chi connectivity index (χ4v) is 1.76. The van der Waals surface area contributed by atoms with Crippen LogP contribution in [0, 0.1) is 11.6 Å². The van der Waals surface area contributed by atoms with Crippen LogP contribution in [0.15, 0.2) is 47.6 Å². The van der Waals surface area contributed by atoms with E-state index in [1.807, 2.05) is 0 Å². The molecule has 2 rings (SSSR count). The Morgan fingerprint density at radius 3 is 2.60 bits per heavy atom. The summed E-state index contributed by atoms with van der Waals surface area (Å²) in [6.45, 7) is 0.0827. The molecule has 6 heteroatoms. The molecule has 0 bridgehead atoms. The van der Waals surface area contributed by atoms with Gasteiger partial charge >= 0.3 is 0 Å². The number of benzene rings is 2. The summed E-state index contributed by atoms with van der Waals surface area (Å²) in [6.07, 6.45) is 0. The maximum atomic E-state index is 14.1. The molecule has 0 unspecified atom stereocenters. The third kappa shape index (κ3) is 2.85. The first-order chi connectivity index (χ1) is 9.63. The Kier molecular flexibility index (Phi) is 4.14. The number of oxime groups is 1. The van der Waals surface area contributed by atoms with Crippen LogP contribution in [0.25, 0.3) is 0 Å². The maximum Gasteiger partial charge on any atom is 0.173 e. The molecule has 0 aliphatic carbocycles. The molecule has 20 heavy (non-hydrogen) atoms. The van der Waals surface area contributed by atoms with Crippen LogP contribution in [-0.4, -0.2) is 11.0 Å². The van der Waals surface area contributed by atoms with Crippen molar-refractivity contribution in [3.63, 3.8) is 0 Å². The van der Waals surface area contributed by atoms with E-state index >= 15 is 0 Å². The monoisotopic (exact) mass is 277 g/mol. The highest BCUT2D eigenvalue weighted by Crippen LogP contribution is 2.17. The Hall–Kier alpha value is -2.63. The molecule has 2 aromatic carbocycles. The summed E-state index contributed by atoms with van der Waals surface area (Å²) in [7, 11) is 0. The standard InChI is InChI=1S/C14H13F2N3O/c15-11-6-1-2-7-12(11)18-8-9-4-3-5-10(13(9)16)14(17)19-20/h1-7,18,20H,8H2,(H2,17,19). The van der Waals surface area contributed by atoms with Crippen LogP contribution < -0.4 is 11.1 Å². The Balaban J connectivity index is 2.21. The minimum atomic E-state index is -0.605. The predicted octanol–water partition coefficient (Wildman–Crippen LogP) is 2.67. The first-order valence-electron chi connectivity index (χ1n) is 5.87. The molecule has 0 heterocycles. The highest BCUT2D eigenvalue weighted by molar-refractivity contribution is 5.97. The summed E-state index contributed by atoms with van der Waals surface area (Å²) in [4.78, 5) is 0. The van der Waals surface area contributed by atoms with Crippen LogP contribution >= 0.6 is 0 Å². The van der Waals surface area contributed by atoms with Crippen molar-refractivity contribution in [1.29, 1.82) is 0 Å². The number of nitrogens with two attached hydrogens (primary N) is 1. The molecule has 104 valence electrons. The zero-order valence-electron chi connectivity index (χ0n) is 10.5. The first-order valence-corrected chi connectivity index (χ1v) is 5.87. The van der Waals surface area contributed by atoms with Gasteiger partial charge in [0, 0.05) is 12.1 Å². The molecular formula is C14H13F2N3O. The molecule has 0 atom stereocenters. The van der Waals surface area contributed by atoms with Crippen molar-refractivity contribution in [3.8, 4) is 0 Å². The van der Waals surface area contributed by atoms with Gasteiger partial charge in [0.25, 0.3) is 0 Å². The topological polar surface area (TPSA) is 70.6 Å². The summed E-state index contributed by atoms with van der Waals surface area (Å²) >= 11 is 0. The Labute approximate surface area is 114 Å². The number of hydrogen-bond donors (Lipinski definition) is 3. The highest BCUT2D eigenvalue weighted by Gasteiger charge is 2.11. The van der Waals surface area contributed by atoms with Crippen LogP contribution in [0.5, 0.6) is 0 Å². The van der Waals surface area contributed by atoms with E-state index in [1.165, 1.54) is 18.2 Å². The third-order valence-corrected chi connectivity index (χ3v) is 2.81. The molecule has 0 aliphatic rings. The van der Waals surface area contributed by atoms with Crippen molar-refractivity contribution < 1.29 is 14.0 Å². The van der Waals surface area contributed by atoms with Crippen molar-refractivity contribution in [1.82, 2.24) is 0 Å². The fourth-order valence-electron chi connectivity index (χ4n) is 1.76. The molecule has 4 nitrogen and oxygen atoms in total. The van der Waals surface area contributed by atoms with Gasteiger partial charge in [0.15, 0.2) is 5.84 Å². The van der Waals surface area contributed by atoms with Crippen LogP contribution in [0.2, 0.25) is 0 Å². The van der Waals surface area contributed by atoms with Gasteiger partial charge in [-0.05, 0) is 18.2 Å². The van der Waals surface area contributed by atoms with Gasteiger partial charge in [-0.2, -0.15) is 0 Å². The minimum absolute atomic E-state index is 0.000309. The number of amidine groups is 1. The second-order valence-corrected chi connectivity index (χ2v) is 4.10. The fraction of sp³-hybridized carbons (Fsp3) is 0.0714. The van der Waals surface area contributed by atoms with E-state index in [2.05, 4.69) is 10.5 Å². The number of rotatable bonds is 4. The average molecular weight is 277 g/mol. The van der Waals surface area contributed by atoms with E-state index in [0.29, 0.717) is 0 Å². The van der Waals surface area contributed by atoms with E-state index in [4.69, 9.17) is 10.9 Å². The van der Waals surface area contributed by atoms with Gasteiger partial charge in [0.1, 0.15) is 11.6 Å². The SMILES string of the molecule is N/C(=N/O)c1cccc(CNc2ccccc2F)c1F. The predicted molar refractivity (Wildman–Crippen MR) is 72.6 cm³/mol. The van der Waals surface area contributed by atoms with Gasteiger partial charge in [-0.3, -0.25) is 0 Å². The zero-order valence-corrected chi connectivity index (χ0v) is 10.5. The number of para-hydroxylation sites is 1. The van der Waals surface area contributed by atoms with E-state index in [9.17, 15) is 8.78 Å². The van der Waals surface area contributed by atoms with Crippen molar-refractivity contribution >= 4 is 11.5 Å².